The lowest BCUT2D eigenvalue weighted by Crippen LogP contribution is -2.51. The SMILES string of the molecule is CN(C(=O)COC(=O)c1ccc(Br)cc1)C1(C#N)CCCCC1. The maximum absolute atomic E-state index is 12.3. The van der Waals surface area contributed by atoms with Crippen LogP contribution in [0.5, 0.6) is 0 Å². The number of carbonyl (C=O) groups excluding carboxylic acids is 2. The third kappa shape index (κ3) is 4.11. The number of amides is 1. The van der Waals surface area contributed by atoms with Crippen LogP contribution >= 0.6 is 15.9 Å². The lowest BCUT2D eigenvalue weighted by molar-refractivity contribution is -0.138. The van der Waals surface area contributed by atoms with Gasteiger partial charge in [0.05, 0.1) is 11.6 Å². The summed E-state index contributed by atoms with van der Waals surface area (Å²) >= 11 is 3.29. The van der Waals surface area contributed by atoms with Crippen molar-refractivity contribution in [2.24, 2.45) is 0 Å². The number of likely N-dealkylation sites (N-methyl/N-ethyl adjacent to an activating group) is 1. The van der Waals surface area contributed by atoms with Crippen molar-refractivity contribution >= 4 is 27.8 Å². The molecule has 1 saturated carbocycles. The summed E-state index contributed by atoms with van der Waals surface area (Å²) in [5.74, 6) is -0.896. The van der Waals surface area contributed by atoms with Gasteiger partial charge < -0.3 is 9.64 Å². The first-order chi connectivity index (χ1) is 11.0. The number of rotatable bonds is 4. The zero-order chi connectivity index (χ0) is 16.9. The molecule has 1 amide bonds. The highest BCUT2D eigenvalue weighted by atomic mass is 79.9. The van der Waals surface area contributed by atoms with Crippen molar-refractivity contribution in [3.63, 3.8) is 0 Å². The van der Waals surface area contributed by atoms with Gasteiger partial charge in [0.25, 0.3) is 5.91 Å². The van der Waals surface area contributed by atoms with Crippen LogP contribution in [-0.4, -0.2) is 36.0 Å². The van der Waals surface area contributed by atoms with Crippen molar-refractivity contribution in [2.75, 3.05) is 13.7 Å². The summed E-state index contributed by atoms with van der Waals surface area (Å²) < 4.78 is 5.94. The van der Waals surface area contributed by atoms with E-state index in [0.717, 1.165) is 23.7 Å². The van der Waals surface area contributed by atoms with Crippen molar-refractivity contribution in [3.8, 4) is 6.07 Å². The Morgan fingerprint density at radius 2 is 1.87 bits per heavy atom. The Bertz CT molecular complexity index is 616. The lowest BCUT2D eigenvalue weighted by Gasteiger charge is -2.38. The number of nitriles is 1. The van der Waals surface area contributed by atoms with Crippen LogP contribution in [0.1, 0.15) is 42.5 Å². The van der Waals surface area contributed by atoms with E-state index in [-0.39, 0.29) is 12.5 Å². The van der Waals surface area contributed by atoms with E-state index in [1.165, 1.54) is 4.90 Å². The number of esters is 1. The molecule has 1 aliphatic carbocycles. The normalized spacial score (nSPS) is 16.2. The predicted molar refractivity (Wildman–Crippen MR) is 88.6 cm³/mol. The minimum Gasteiger partial charge on any atom is -0.452 e. The number of ether oxygens (including phenoxy) is 1. The molecule has 0 spiro atoms. The van der Waals surface area contributed by atoms with Crippen molar-refractivity contribution in [2.45, 2.75) is 37.6 Å². The van der Waals surface area contributed by atoms with Crippen LogP contribution in [0.25, 0.3) is 0 Å². The molecule has 0 saturated heterocycles. The van der Waals surface area contributed by atoms with Gasteiger partial charge in [-0.15, -0.1) is 0 Å². The fourth-order valence-corrected chi connectivity index (χ4v) is 3.06. The lowest BCUT2D eigenvalue weighted by atomic mass is 9.81. The summed E-state index contributed by atoms with van der Waals surface area (Å²) in [6.07, 6.45) is 4.30. The topological polar surface area (TPSA) is 70.4 Å². The molecule has 1 aromatic carbocycles. The van der Waals surface area contributed by atoms with Gasteiger partial charge in [-0.05, 0) is 37.1 Å². The molecule has 1 fully saturated rings. The summed E-state index contributed by atoms with van der Waals surface area (Å²) in [5.41, 5.74) is -0.379. The molecule has 0 radical (unpaired) electrons. The van der Waals surface area contributed by atoms with Crippen LogP contribution in [0.2, 0.25) is 0 Å². The Morgan fingerprint density at radius 3 is 2.43 bits per heavy atom. The van der Waals surface area contributed by atoms with Crippen LogP contribution in [0.4, 0.5) is 0 Å². The Hall–Kier alpha value is -1.87. The number of carbonyl (C=O) groups is 2. The van der Waals surface area contributed by atoms with Crippen LogP contribution in [0.3, 0.4) is 0 Å². The van der Waals surface area contributed by atoms with Gasteiger partial charge in [0.1, 0.15) is 5.54 Å². The second kappa shape index (κ2) is 7.60. The van der Waals surface area contributed by atoms with Gasteiger partial charge in [-0.3, -0.25) is 4.79 Å². The first-order valence-electron chi connectivity index (χ1n) is 7.59. The van der Waals surface area contributed by atoms with Gasteiger partial charge in [-0.25, -0.2) is 4.79 Å². The number of hydrogen-bond acceptors (Lipinski definition) is 4. The maximum atomic E-state index is 12.3. The zero-order valence-corrected chi connectivity index (χ0v) is 14.6. The van der Waals surface area contributed by atoms with Gasteiger partial charge in [-0.2, -0.15) is 5.26 Å². The van der Waals surface area contributed by atoms with E-state index in [1.807, 2.05) is 0 Å². The predicted octanol–water partition coefficient (Wildman–Crippen LogP) is 3.29. The Kier molecular flexibility index (Phi) is 5.78. The molecule has 5 nitrogen and oxygen atoms in total. The Balaban J connectivity index is 1.94. The van der Waals surface area contributed by atoms with Crippen LogP contribution in [-0.2, 0) is 9.53 Å². The summed E-state index contributed by atoms with van der Waals surface area (Å²) in [4.78, 5) is 25.7. The molecule has 0 aliphatic heterocycles. The van der Waals surface area contributed by atoms with Crippen molar-refractivity contribution in [1.82, 2.24) is 4.90 Å². The number of nitrogens with zero attached hydrogens (tertiary/aromatic N) is 2. The molecule has 1 aliphatic rings. The number of benzene rings is 1. The highest BCUT2D eigenvalue weighted by Gasteiger charge is 2.38. The van der Waals surface area contributed by atoms with Crippen molar-refractivity contribution in [3.05, 3.63) is 34.3 Å². The van der Waals surface area contributed by atoms with E-state index in [2.05, 4.69) is 22.0 Å². The average molecular weight is 379 g/mol. The molecule has 0 unspecified atom stereocenters. The highest BCUT2D eigenvalue weighted by Crippen LogP contribution is 2.32. The molecule has 0 N–H and O–H groups in total. The summed E-state index contributed by atoms with van der Waals surface area (Å²) in [6.45, 7) is -0.352. The van der Waals surface area contributed by atoms with E-state index < -0.39 is 11.5 Å². The average Bonchev–Trinajstić information content (AvgIpc) is 2.59. The highest BCUT2D eigenvalue weighted by molar-refractivity contribution is 9.10. The molecular weight excluding hydrogens is 360 g/mol. The molecule has 23 heavy (non-hydrogen) atoms. The molecule has 122 valence electrons. The monoisotopic (exact) mass is 378 g/mol. The van der Waals surface area contributed by atoms with Gasteiger partial charge in [0, 0.05) is 11.5 Å². The maximum Gasteiger partial charge on any atom is 0.338 e. The summed E-state index contributed by atoms with van der Waals surface area (Å²) in [7, 11) is 1.62. The minimum atomic E-state index is -0.765. The van der Waals surface area contributed by atoms with Crippen molar-refractivity contribution in [1.29, 1.82) is 5.26 Å². The smallest absolute Gasteiger partial charge is 0.338 e. The van der Waals surface area contributed by atoms with Crippen LogP contribution < -0.4 is 0 Å². The Labute approximate surface area is 144 Å². The number of hydrogen-bond donors (Lipinski definition) is 0. The third-order valence-corrected chi connectivity index (χ3v) is 4.84. The molecule has 0 heterocycles. The van der Waals surface area contributed by atoms with Gasteiger partial charge in [0.2, 0.25) is 0 Å². The largest absolute Gasteiger partial charge is 0.452 e. The zero-order valence-electron chi connectivity index (χ0n) is 13.0. The molecule has 0 atom stereocenters. The van der Waals surface area contributed by atoms with E-state index >= 15 is 0 Å². The third-order valence-electron chi connectivity index (χ3n) is 4.31. The Morgan fingerprint density at radius 1 is 1.26 bits per heavy atom. The molecular formula is C17H19BrN2O3. The van der Waals surface area contributed by atoms with E-state index in [4.69, 9.17) is 4.74 Å². The molecule has 6 heteroatoms. The van der Waals surface area contributed by atoms with Gasteiger partial charge in [0.15, 0.2) is 6.61 Å². The standard InChI is InChI=1S/C17H19BrN2O3/c1-20(17(12-19)9-3-2-4-10-17)15(21)11-23-16(22)13-5-7-14(18)8-6-13/h5-8H,2-4,9-11H2,1H3. The second-order valence-electron chi connectivity index (χ2n) is 5.74. The van der Waals surface area contributed by atoms with E-state index in [9.17, 15) is 14.9 Å². The van der Waals surface area contributed by atoms with Crippen LogP contribution in [0, 0.1) is 11.3 Å². The fraction of sp³-hybridized carbons (Fsp3) is 0.471. The quantitative estimate of drug-likeness (QED) is 0.753. The fourth-order valence-electron chi connectivity index (χ4n) is 2.79. The van der Waals surface area contributed by atoms with E-state index in [1.54, 1.807) is 31.3 Å². The molecule has 2 rings (SSSR count). The molecule has 0 aromatic heterocycles. The first-order valence-corrected chi connectivity index (χ1v) is 8.38. The van der Waals surface area contributed by atoms with Crippen molar-refractivity contribution < 1.29 is 14.3 Å². The van der Waals surface area contributed by atoms with Gasteiger partial charge >= 0.3 is 5.97 Å². The summed E-state index contributed by atoms with van der Waals surface area (Å²) in [6, 6.07) is 9.00. The van der Waals surface area contributed by atoms with Gasteiger partial charge in [-0.1, -0.05) is 35.2 Å². The minimum absolute atomic E-state index is 0.348. The molecule has 0 bridgehead atoms. The summed E-state index contributed by atoms with van der Waals surface area (Å²) in [5, 5.41) is 9.49. The van der Waals surface area contributed by atoms with E-state index in [0.29, 0.717) is 18.4 Å². The first kappa shape index (κ1) is 17.5. The second-order valence-corrected chi connectivity index (χ2v) is 6.66. The number of halogens is 1. The van der Waals surface area contributed by atoms with Crippen LogP contribution in [0.15, 0.2) is 28.7 Å². The molecule has 1 aromatic rings.